The highest BCUT2D eigenvalue weighted by Gasteiger charge is 2.15. The van der Waals surface area contributed by atoms with Crippen molar-refractivity contribution in [1.82, 2.24) is 24.9 Å². The van der Waals surface area contributed by atoms with Crippen LogP contribution in [0.3, 0.4) is 0 Å². The molecule has 0 spiro atoms. The highest BCUT2D eigenvalue weighted by Crippen LogP contribution is 2.09. The van der Waals surface area contributed by atoms with Gasteiger partial charge in [-0.15, -0.1) is 10.2 Å². The zero-order valence-electron chi connectivity index (χ0n) is 12.5. The van der Waals surface area contributed by atoms with Crippen LogP contribution in [0.15, 0.2) is 18.7 Å². The van der Waals surface area contributed by atoms with Gasteiger partial charge in [-0.1, -0.05) is 0 Å². The lowest BCUT2D eigenvalue weighted by Crippen LogP contribution is -2.33. The van der Waals surface area contributed by atoms with Gasteiger partial charge in [0.1, 0.15) is 11.9 Å². The molecule has 0 atom stereocenters. The molecule has 8 heteroatoms. The summed E-state index contributed by atoms with van der Waals surface area (Å²) in [5, 5.41) is 13.7. The number of anilines is 1. The first kappa shape index (κ1) is 15.0. The molecule has 0 radical (unpaired) electrons. The van der Waals surface area contributed by atoms with Crippen LogP contribution in [-0.4, -0.2) is 44.4 Å². The number of rotatable bonds is 5. The molecule has 0 unspecified atom stereocenters. The van der Waals surface area contributed by atoms with Crippen LogP contribution in [0.4, 0.5) is 10.6 Å². The van der Waals surface area contributed by atoms with Gasteiger partial charge in [-0.3, -0.25) is 4.40 Å². The Hall–Kier alpha value is -2.38. The smallest absolute Gasteiger partial charge is 0.407 e. The second kappa shape index (κ2) is 6.38. The van der Waals surface area contributed by atoms with Crippen molar-refractivity contribution in [2.75, 3.05) is 18.4 Å². The summed E-state index contributed by atoms with van der Waals surface area (Å²) in [6, 6.07) is 0. The van der Waals surface area contributed by atoms with Gasteiger partial charge in [0.05, 0.1) is 0 Å². The van der Waals surface area contributed by atoms with Gasteiger partial charge in [-0.25, -0.2) is 9.78 Å². The van der Waals surface area contributed by atoms with Crippen molar-refractivity contribution in [3.8, 4) is 0 Å². The number of carbonyl (C=O) groups excluding carboxylic acids is 1. The van der Waals surface area contributed by atoms with E-state index in [1.165, 1.54) is 0 Å². The Morgan fingerprint density at radius 2 is 2.19 bits per heavy atom. The molecule has 21 heavy (non-hydrogen) atoms. The van der Waals surface area contributed by atoms with Crippen LogP contribution in [0, 0.1) is 0 Å². The largest absolute Gasteiger partial charge is 0.444 e. The van der Waals surface area contributed by atoms with Gasteiger partial charge in [0.2, 0.25) is 5.65 Å². The minimum atomic E-state index is -0.477. The van der Waals surface area contributed by atoms with Crippen molar-refractivity contribution in [3.63, 3.8) is 0 Å². The van der Waals surface area contributed by atoms with Crippen molar-refractivity contribution in [2.45, 2.75) is 32.8 Å². The Kier molecular flexibility index (Phi) is 4.56. The number of fused-ring (bicyclic) bond motifs is 1. The van der Waals surface area contributed by atoms with Crippen LogP contribution < -0.4 is 10.6 Å². The molecular formula is C13H20N6O2. The van der Waals surface area contributed by atoms with Crippen molar-refractivity contribution >= 4 is 17.6 Å². The van der Waals surface area contributed by atoms with E-state index in [9.17, 15) is 4.79 Å². The monoisotopic (exact) mass is 292 g/mol. The number of alkyl carbamates (subject to hydrolysis) is 1. The molecule has 2 heterocycles. The lowest BCUT2D eigenvalue weighted by molar-refractivity contribution is 0.0528. The fourth-order valence-corrected chi connectivity index (χ4v) is 1.68. The first-order valence-corrected chi connectivity index (χ1v) is 6.81. The van der Waals surface area contributed by atoms with Crippen LogP contribution >= 0.6 is 0 Å². The molecule has 2 aromatic rings. The molecular weight excluding hydrogens is 272 g/mol. The topological polar surface area (TPSA) is 93.4 Å². The van der Waals surface area contributed by atoms with E-state index in [0.717, 1.165) is 6.42 Å². The molecule has 0 fully saturated rings. The third-order valence-electron chi connectivity index (χ3n) is 2.53. The van der Waals surface area contributed by atoms with Crippen LogP contribution in [-0.2, 0) is 4.74 Å². The standard InChI is InChI=1S/C13H20N6O2/c1-13(2,3)21-12(20)16-6-4-5-14-10-11-18-17-9-19(11)8-7-15-10/h7-9H,4-6H2,1-3H3,(H,14,15)(H,16,20). The van der Waals surface area contributed by atoms with Gasteiger partial charge in [-0.2, -0.15) is 0 Å². The van der Waals surface area contributed by atoms with E-state index >= 15 is 0 Å². The number of amides is 1. The second-order valence-corrected chi connectivity index (χ2v) is 5.55. The number of hydrogen-bond acceptors (Lipinski definition) is 6. The Bertz CT molecular complexity index is 604. The average molecular weight is 292 g/mol. The minimum absolute atomic E-state index is 0.403. The van der Waals surface area contributed by atoms with Gasteiger partial charge in [-0.05, 0) is 27.2 Å². The number of hydrogen-bond donors (Lipinski definition) is 2. The van der Waals surface area contributed by atoms with Crippen molar-refractivity contribution in [1.29, 1.82) is 0 Å². The first-order valence-electron chi connectivity index (χ1n) is 6.81. The van der Waals surface area contributed by atoms with Gasteiger partial charge < -0.3 is 15.4 Å². The lowest BCUT2D eigenvalue weighted by atomic mass is 10.2. The third-order valence-corrected chi connectivity index (χ3v) is 2.53. The molecule has 8 nitrogen and oxygen atoms in total. The maximum Gasteiger partial charge on any atom is 0.407 e. The molecule has 114 valence electrons. The summed E-state index contributed by atoms with van der Waals surface area (Å²) in [7, 11) is 0. The van der Waals surface area contributed by atoms with E-state index < -0.39 is 11.7 Å². The van der Waals surface area contributed by atoms with Crippen molar-refractivity contribution < 1.29 is 9.53 Å². The fourth-order valence-electron chi connectivity index (χ4n) is 1.68. The van der Waals surface area contributed by atoms with E-state index in [1.54, 1.807) is 23.1 Å². The molecule has 1 amide bonds. The molecule has 0 saturated heterocycles. The summed E-state index contributed by atoms with van der Waals surface area (Å²) in [5.41, 5.74) is 0.202. The highest BCUT2D eigenvalue weighted by molar-refractivity contribution is 5.67. The van der Waals surface area contributed by atoms with Crippen LogP contribution in [0.2, 0.25) is 0 Å². The van der Waals surface area contributed by atoms with Gasteiger partial charge in [0.25, 0.3) is 0 Å². The van der Waals surface area contributed by atoms with Gasteiger partial charge in [0.15, 0.2) is 5.82 Å². The van der Waals surface area contributed by atoms with Crippen LogP contribution in [0.25, 0.3) is 5.65 Å². The first-order chi connectivity index (χ1) is 9.96. The fraction of sp³-hybridized carbons (Fsp3) is 0.538. The summed E-state index contributed by atoms with van der Waals surface area (Å²) < 4.78 is 6.93. The molecule has 2 rings (SSSR count). The second-order valence-electron chi connectivity index (χ2n) is 5.55. The SMILES string of the molecule is CC(C)(C)OC(=O)NCCCNc1nccn2cnnc12. The summed E-state index contributed by atoms with van der Waals surface area (Å²) >= 11 is 0. The normalized spacial score (nSPS) is 11.4. The molecule has 2 aromatic heterocycles. The minimum Gasteiger partial charge on any atom is -0.444 e. The Morgan fingerprint density at radius 3 is 2.95 bits per heavy atom. The molecule has 0 aromatic carbocycles. The molecule has 0 aliphatic heterocycles. The quantitative estimate of drug-likeness (QED) is 0.810. The van der Waals surface area contributed by atoms with Crippen LogP contribution in [0.1, 0.15) is 27.2 Å². The predicted octanol–water partition coefficient (Wildman–Crippen LogP) is 1.45. The molecule has 0 saturated carbocycles. The zero-order valence-corrected chi connectivity index (χ0v) is 12.5. The molecule has 2 N–H and O–H groups in total. The van der Waals surface area contributed by atoms with E-state index in [1.807, 2.05) is 20.8 Å². The number of ether oxygens (including phenoxy) is 1. The molecule has 0 bridgehead atoms. The predicted molar refractivity (Wildman–Crippen MR) is 78.1 cm³/mol. The highest BCUT2D eigenvalue weighted by atomic mass is 16.6. The summed E-state index contributed by atoms with van der Waals surface area (Å²) in [6.07, 6.45) is 5.42. The Morgan fingerprint density at radius 1 is 1.38 bits per heavy atom. The zero-order chi connectivity index (χ0) is 15.3. The van der Waals surface area contributed by atoms with Gasteiger partial charge >= 0.3 is 6.09 Å². The maximum atomic E-state index is 11.4. The lowest BCUT2D eigenvalue weighted by Gasteiger charge is -2.19. The number of nitrogens with one attached hydrogen (secondary N) is 2. The number of aromatic nitrogens is 4. The van der Waals surface area contributed by atoms with E-state index in [2.05, 4.69) is 25.8 Å². The maximum absolute atomic E-state index is 11.4. The third kappa shape index (κ3) is 4.59. The summed E-state index contributed by atoms with van der Waals surface area (Å²) in [4.78, 5) is 15.7. The average Bonchev–Trinajstić information content (AvgIpc) is 2.85. The van der Waals surface area contributed by atoms with Gasteiger partial charge in [0, 0.05) is 25.5 Å². The van der Waals surface area contributed by atoms with Crippen molar-refractivity contribution in [3.05, 3.63) is 18.7 Å². The van der Waals surface area contributed by atoms with E-state index in [0.29, 0.717) is 24.6 Å². The van der Waals surface area contributed by atoms with E-state index in [4.69, 9.17) is 4.74 Å². The summed E-state index contributed by atoms with van der Waals surface area (Å²) in [5.74, 6) is 0.673. The Balaban J connectivity index is 1.71. The number of carbonyl (C=O) groups is 1. The summed E-state index contributed by atoms with van der Waals surface area (Å²) in [6.45, 7) is 6.68. The Labute approximate surface area is 122 Å². The number of nitrogens with zero attached hydrogens (tertiary/aromatic N) is 4. The molecule has 0 aliphatic carbocycles. The van der Waals surface area contributed by atoms with E-state index in [-0.39, 0.29) is 0 Å². The molecule has 0 aliphatic rings. The van der Waals surface area contributed by atoms with Crippen LogP contribution in [0.5, 0.6) is 0 Å². The van der Waals surface area contributed by atoms with Crippen molar-refractivity contribution in [2.24, 2.45) is 0 Å².